The van der Waals surface area contributed by atoms with Crippen molar-refractivity contribution < 1.29 is 4.79 Å². The lowest BCUT2D eigenvalue weighted by Gasteiger charge is -2.27. The number of rotatable bonds is 4. The van der Waals surface area contributed by atoms with Crippen LogP contribution in [0.1, 0.15) is 45.6 Å². The summed E-state index contributed by atoms with van der Waals surface area (Å²) in [6, 6.07) is 12.7. The molecule has 1 heterocycles. The van der Waals surface area contributed by atoms with Crippen LogP contribution < -0.4 is 4.90 Å². The average molecular weight is 295 g/mol. The van der Waals surface area contributed by atoms with Gasteiger partial charge in [-0.2, -0.15) is 0 Å². The Morgan fingerprint density at radius 3 is 2.45 bits per heavy atom. The van der Waals surface area contributed by atoms with Crippen molar-refractivity contribution in [2.24, 2.45) is 5.92 Å². The van der Waals surface area contributed by atoms with Crippen molar-refractivity contribution in [3.05, 3.63) is 42.0 Å². The second-order valence-corrected chi connectivity index (χ2v) is 6.77. The molecule has 1 atom stereocenters. The molecule has 0 saturated carbocycles. The van der Waals surface area contributed by atoms with Gasteiger partial charge in [0.15, 0.2) is 0 Å². The second-order valence-electron chi connectivity index (χ2n) is 6.77. The molecule has 0 fully saturated rings. The lowest BCUT2D eigenvalue weighted by Crippen LogP contribution is -2.37. The summed E-state index contributed by atoms with van der Waals surface area (Å²) in [5.74, 6) is 0.838. The zero-order chi connectivity index (χ0) is 15.9. The summed E-state index contributed by atoms with van der Waals surface area (Å²) in [6.45, 7) is 6.58. The third kappa shape index (κ3) is 2.05. The van der Waals surface area contributed by atoms with Gasteiger partial charge in [0, 0.05) is 12.4 Å². The summed E-state index contributed by atoms with van der Waals surface area (Å²) in [5, 5.41) is 2.39. The number of carbonyl (C=O) groups excluding carboxylic acids is 1. The van der Waals surface area contributed by atoms with E-state index in [4.69, 9.17) is 0 Å². The van der Waals surface area contributed by atoms with Gasteiger partial charge in [-0.1, -0.05) is 63.1 Å². The molecule has 0 bridgehead atoms. The lowest BCUT2D eigenvalue weighted by molar-refractivity contribution is -0.123. The summed E-state index contributed by atoms with van der Waals surface area (Å²) in [4.78, 5) is 14.9. The van der Waals surface area contributed by atoms with Crippen molar-refractivity contribution in [3.63, 3.8) is 0 Å². The van der Waals surface area contributed by atoms with Gasteiger partial charge >= 0.3 is 0 Å². The maximum absolute atomic E-state index is 13.0. The van der Waals surface area contributed by atoms with Crippen LogP contribution in [0.4, 0.5) is 5.69 Å². The Labute approximate surface area is 133 Å². The van der Waals surface area contributed by atoms with E-state index < -0.39 is 0 Å². The molecule has 0 unspecified atom stereocenters. The minimum Gasteiger partial charge on any atom is -0.314 e. The monoisotopic (exact) mass is 295 g/mol. The molecular formula is C20H25NO. The quantitative estimate of drug-likeness (QED) is 0.785. The predicted molar refractivity (Wildman–Crippen MR) is 93.4 cm³/mol. The molecule has 2 nitrogen and oxygen atoms in total. The number of amides is 1. The summed E-state index contributed by atoms with van der Waals surface area (Å²) in [6.07, 6.45) is 3.20. The zero-order valence-electron chi connectivity index (χ0n) is 14.0. The van der Waals surface area contributed by atoms with Gasteiger partial charge in [0.25, 0.3) is 0 Å². The fraction of sp³-hybridized carbons (Fsp3) is 0.450. The first-order valence-electron chi connectivity index (χ1n) is 8.33. The number of fused-ring (bicyclic) bond motifs is 3. The number of likely N-dealkylation sites (N-methyl/N-ethyl adjacent to an activating group) is 1. The smallest absolute Gasteiger partial charge is 0.237 e. The van der Waals surface area contributed by atoms with Crippen LogP contribution in [0.25, 0.3) is 10.8 Å². The molecule has 2 aromatic rings. The second kappa shape index (κ2) is 5.42. The van der Waals surface area contributed by atoms with Gasteiger partial charge in [0.2, 0.25) is 5.91 Å². The van der Waals surface area contributed by atoms with Crippen molar-refractivity contribution >= 4 is 22.4 Å². The van der Waals surface area contributed by atoms with Crippen LogP contribution in [0.2, 0.25) is 0 Å². The van der Waals surface area contributed by atoms with Crippen LogP contribution in [0.3, 0.4) is 0 Å². The Bertz CT molecular complexity index is 717. The largest absolute Gasteiger partial charge is 0.314 e. The number of nitrogens with zero attached hydrogens (tertiary/aromatic N) is 1. The minimum atomic E-state index is -0.384. The summed E-state index contributed by atoms with van der Waals surface area (Å²) in [5.41, 5.74) is 1.92. The summed E-state index contributed by atoms with van der Waals surface area (Å²) < 4.78 is 0. The Hall–Kier alpha value is -1.83. The van der Waals surface area contributed by atoms with Crippen LogP contribution in [-0.2, 0) is 10.2 Å². The third-order valence-corrected chi connectivity index (χ3v) is 5.46. The molecule has 1 aliphatic heterocycles. The molecule has 116 valence electrons. The molecule has 0 N–H and O–H groups in total. The van der Waals surface area contributed by atoms with Gasteiger partial charge in [0.1, 0.15) is 0 Å². The van der Waals surface area contributed by atoms with E-state index in [0.717, 1.165) is 24.9 Å². The van der Waals surface area contributed by atoms with E-state index in [1.54, 1.807) is 0 Å². The van der Waals surface area contributed by atoms with Crippen LogP contribution in [0, 0.1) is 5.92 Å². The zero-order valence-corrected chi connectivity index (χ0v) is 14.0. The van der Waals surface area contributed by atoms with E-state index in [1.807, 2.05) is 11.9 Å². The highest BCUT2D eigenvalue weighted by Crippen LogP contribution is 2.48. The number of carbonyl (C=O) groups is 1. The molecule has 0 spiro atoms. The molecule has 1 aliphatic rings. The van der Waals surface area contributed by atoms with Gasteiger partial charge in [-0.3, -0.25) is 4.79 Å². The standard InChI is InChI=1S/C20H25NO/c1-5-14(6-2)13-20(3)17-12-11-15-9-7-8-10-16(15)18(17)21(4)19(20)22/h7-12,14H,5-6,13H2,1-4H3/t20-/m1/s1. The molecule has 0 aliphatic carbocycles. The van der Waals surface area contributed by atoms with Gasteiger partial charge < -0.3 is 4.90 Å². The molecule has 2 heteroatoms. The van der Waals surface area contributed by atoms with E-state index in [-0.39, 0.29) is 11.3 Å². The van der Waals surface area contributed by atoms with Crippen molar-refractivity contribution in [3.8, 4) is 0 Å². The molecule has 0 aromatic heterocycles. The van der Waals surface area contributed by atoms with E-state index in [0.29, 0.717) is 5.92 Å². The fourth-order valence-electron chi connectivity index (χ4n) is 4.00. The number of benzene rings is 2. The highest BCUT2D eigenvalue weighted by molar-refractivity contribution is 6.14. The Morgan fingerprint density at radius 1 is 1.09 bits per heavy atom. The first-order valence-corrected chi connectivity index (χ1v) is 8.33. The topological polar surface area (TPSA) is 20.3 Å². The fourth-order valence-corrected chi connectivity index (χ4v) is 4.00. The molecule has 0 radical (unpaired) electrons. The van der Waals surface area contributed by atoms with Gasteiger partial charge in [-0.05, 0) is 30.2 Å². The van der Waals surface area contributed by atoms with Crippen molar-refractivity contribution in [2.75, 3.05) is 11.9 Å². The SMILES string of the molecule is CCC(CC)C[C@@]1(C)C(=O)N(C)c2c1ccc1ccccc21. The van der Waals surface area contributed by atoms with E-state index in [2.05, 4.69) is 57.2 Å². The maximum atomic E-state index is 13.0. The van der Waals surface area contributed by atoms with Crippen molar-refractivity contribution in [2.45, 2.75) is 45.4 Å². The normalized spacial score (nSPS) is 21.0. The predicted octanol–water partition coefficient (Wildman–Crippen LogP) is 4.90. The molecule has 1 amide bonds. The van der Waals surface area contributed by atoms with Crippen LogP contribution in [0.5, 0.6) is 0 Å². The van der Waals surface area contributed by atoms with Crippen molar-refractivity contribution in [1.29, 1.82) is 0 Å². The molecule has 2 aromatic carbocycles. The van der Waals surface area contributed by atoms with E-state index in [1.165, 1.54) is 16.3 Å². The Kier molecular flexibility index (Phi) is 3.72. The number of hydrogen-bond donors (Lipinski definition) is 0. The van der Waals surface area contributed by atoms with E-state index in [9.17, 15) is 4.79 Å². The average Bonchev–Trinajstić information content (AvgIpc) is 2.74. The Balaban J connectivity index is 2.18. The lowest BCUT2D eigenvalue weighted by atomic mass is 9.74. The van der Waals surface area contributed by atoms with Crippen LogP contribution in [-0.4, -0.2) is 13.0 Å². The first-order chi connectivity index (χ1) is 10.5. The molecule has 22 heavy (non-hydrogen) atoms. The third-order valence-electron chi connectivity index (χ3n) is 5.46. The van der Waals surface area contributed by atoms with Gasteiger partial charge in [-0.25, -0.2) is 0 Å². The summed E-state index contributed by atoms with van der Waals surface area (Å²) >= 11 is 0. The first kappa shape index (κ1) is 15.1. The Morgan fingerprint density at radius 2 is 1.77 bits per heavy atom. The van der Waals surface area contributed by atoms with Gasteiger partial charge in [0.05, 0.1) is 11.1 Å². The minimum absolute atomic E-state index is 0.241. The number of anilines is 1. The number of hydrogen-bond acceptors (Lipinski definition) is 1. The highest BCUT2D eigenvalue weighted by Gasteiger charge is 2.47. The van der Waals surface area contributed by atoms with Crippen molar-refractivity contribution in [1.82, 2.24) is 0 Å². The van der Waals surface area contributed by atoms with E-state index >= 15 is 0 Å². The highest BCUT2D eigenvalue weighted by atomic mass is 16.2. The van der Waals surface area contributed by atoms with Crippen LogP contribution in [0.15, 0.2) is 36.4 Å². The van der Waals surface area contributed by atoms with Gasteiger partial charge in [-0.15, -0.1) is 0 Å². The van der Waals surface area contributed by atoms with Crippen LogP contribution >= 0.6 is 0 Å². The molecule has 0 saturated heterocycles. The molecular weight excluding hydrogens is 270 g/mol. The maximum Gasteiger partial charge on any atom is 0.237 e. The summed E-state index contributed by atoms with van der Waals surface area (Å²) in [7, 11) is 1.92. The molecule has 3 rings (SSSR count).